The molecule has 38 heavy (non-hydrogen) atoms. The minimum atomic E-state index is -4.40. The highest BCUT2D eigenvalue weighted by Gasteiger charge is 2.56. The number of halogens is 3. The van der Waals surface area contributed by atoms with Crippen molar-refractivity contribution in [1.29, 1.82) is 5.26 Å². The van der Waals surface area contributed by atoms with Crippen molar-refractivity contribution in [1.82, 2.24) is 20.5 Å². The Morgan fingerprint density at radius 2 is 1.89 bits per heavy atom. The molecule has 1 aromatic heterocycles. The van der Waals surface area contributed by atoms with Gasteiger partial charge in [-0.05, 0) is 68.4 Å². The number of nitrogens with zero attached hydrogens (tertiary/aromatic N) is 5. The molecule has 1 amide bonds. The molecule has 5 aliphatic rings. The van der Waals surface area contributed by atoms with Gasteiger partial charge in [0.05, 0.1) is 11.6 Å². The quantitative estimate of drug-likeness (QED) is 0.331. The predicted molar refractivity (Wildman–Crippen MR) is 137 cm³/mol. The SMILES string of the molecule is CC[C@H](/C(=N/C#N)NC1C2CC3CC1CC(NC(C)=O)(C3)C2)N1CCN(c2ccc(C(F)(F)F)cn2)CC1. The molecular weight excluding hydrogens is 495 g/mol. The molecular formula is C27H36F3N7O. The molecule has 0 spiro atoms. The third-order valence-electron chi connectivity index (χ3n) is 9.06. The van der Waals surface area contributed by atoms with Gasteiger partial charge in [-0.3, -0.25) is 9.69 Å². The number of nitrogens with one attached hydrogen (secondary N) is 2. The van der Waals surface area contributed by atoms with Gasteiger partial charge in [0.25, 0.3) is 0 Å². The number of alkyl halides is 3. The Balaban J connectivity index is 1.24. The van der Waals surface area contributed by atoms with Crippen molar-refractivity contribution in [3.8, 4) is 6.19 Å². The van der Waals surface area contributed by atoms with Crippen molar-refractivity contribution in [2.75, 3.05) is 31.1 Å². The summed E-state index contributed by atoms with van der Waals surface area (Å²) in [5.74, 6) is 2.82. The molecule has 3 atom stereocenters. The average Bonchev–Trinajstić information content (AvgIpc) is 2.85. The van der Waals surface area contributed by atoms with Crippen molar-refractivity contribution in [2.45, 2.75) is 76.2 Å². The van der Waals surface area contributed by atoms with Crippen LogP contribution in [0, 0.1) is 29.2 Å². The summed E-state index contributed by atoms with van der Waals surface area (Å²) in [7, 11) is 0. The summed E-state index contributed by atoms with van der Waals surface area (Å²) in [5, 5.41) is 16.5. The van der Waals surface area contributed by atoms with Crippen molar-refractivity contribution in [2.24, 2.45) is 22.7 Å². The Morgan fingerprint density at radius 1 is 1.21 bits per heavy atom. The number of piperazine rings is 1. The summed E-state index contributed by atoms with van der Waals surface area (Å²) in [6.45, 7) is 6.34. The number of pyridine rings is 1. The van der Waals surface area contributed by atoms with Gasteiger partial charge in [-0.2, -0.15) is 23.4 Å². The zero-order valence-electron chi connectivity index (χ0n) is 22.0. The molecule has 11 heteroatoms. The van der Waals surface area contributed by atoms with Gasteiger partial charge in [0, 0.05) is 50.9 Å². The van der Waals surface area contributed by atoms with Crippen LogP contribution >= 0.6 is 0 Å². The zero-order chi connectivity index (χ0) is 27.1. The lowest BCUT2D eigenvalue weighted by Gasteiger charge is -2.60. The Morgan fingerprint density at radius 3 is 2.42 bits per heavy atom. The number of anilines is 1. The number of amidine groups is 1. The largest absolute Gasteiger partial charge is 0.417 e. The molecule has 4 saturated carbocycles. The van der Waals surface area contributed by atoms with Crippen LogP contribution < -0.4 is 15.5 Å². The molecule has 2 heterocycles. The van der Waals surface area contributed by atoms with Crippen LogP contribution in [0.5, 0.6) is 0 Å². The second-order valence-corrected chi connectivity index (χ2v) is 11.5. The van der Waals surface area contributed by atoms with Gasteiger partial charge in [-0.15, -0.1) is 0 Å². The van der Waals surface area contributed by atoms with E-state index >= 15 is 0 Å². The van der Waals surface area contributed by atoms with E-state index in [0.717, 1.165) is 50.8 Å². The number of carbonyl (C=O) groups excluding carboxylic acids is 1. The van der Waals surface area contributed by atoms with Gasteiger partial charge in [0.2, 0.25) is 12.1 Å². The van der Waals surface area contributed by atoms with Crippen LogP contribution in [0.15, 0.2) is 23.3 Å². The van der Waals surface area contributed by atoms with Crippen molar-refractivity contribution in [3.05, 3.63) is 23.9 Å². The summed E-state index contributed by atoms with van der Waals surface area (Å²) in [6.07, 6.45) is 4.57. The fourth-order valence-electron chi connectivity index (χ4n) is 7.84. The Kier molecular flexibility index (Phi) is 7.29. The van der Waals surface area contributed by atoms with Gasteiger partial charge in [-0.25, -0.2) is 4.98 Å². The fraction of sp³-hybridized carbons (Fsp3) is 0.704. The van der Waals surface area contributed by atoms with Crippen LogP contribution in [0.4, 0.5) is 19.0 Å². The second kappa shape index (κ2) is 10.4. The van der Waals surface area contributed by atoms with E-state index < -0.39 is 11.7 Å². The van der Waals surface area contributed by atoms with E-state index in [-0.39, 0.29) is 23.5 Å². The molecule has 5 fully saturated rings. The fourth-order valence-corrected chi connectivity index (χ4v) is 7.84. The van der Waals surface area contributed by atoms with Crippen molar-refractivity contribution >= 4 is 17.6 Å². The Hall–Kier alpha value is -2.87. The molecule has 4 aliphatic carbocycles. The van der Waals surface area contributed by atoms with E-state index in [1.165, 1.54) is 6.07 Å². The van der Waals surface area contributed by atoms with Gasteiger partial charge in [-0.1, -0.05) is 6.92 Å². The number of hydrogen-bond donors (Lipinski definition) is 2. The number of nitriles is 1. The van der Waals surface area contributed by atoms with Crippen LogP contribution in [-0.2, 0) is 11.0 Å². The van der Waals surface area contributed by atoms with Crippen molar-refractivity contribution < 1.29 is 18.0 Å². The number of hydrogen-bond acceptors (Lipinski definition) is 6. The Labute approximate surface area is 221 Å². The van der Waals surface area contributed by atoms with Crippen LogP contribution in [0.25, 0.3) is 0 Å². The van der Waals surface area contributed by atoms with Gasteiger partial charge < -0.3 is 15.5 Å². The zero-order valence-corrected chi connectivity index (χ0v) is 22.0. The minimum Gasteiger partial charge on any atom is -0.368 e. The first-order chi connectivity index (χ1) is 18.1. The number of amides is 1. The van der Waals surface area contributed by atoms with Gasteiger partial charge in [0.1, 0.15) is 11.7 Å². The number of carbonyl (C=O) groups is 1. The number of aromatic nitrogens is 1. The minimum absolute atomic E-state index is 0.0416. The van der Waals surface area contributed by atoms with E-state index in [2.05, 4.69) is 32.4 Å². The highest BCUT2D eigenvalue weighted by atomic mass is 19.4. The lowest BCUT2D eigenvalue weighted by Crippen LogP contribution is -2.67. The first-order valence-electron chi connectivity index (χ1n) is 13.6. The predicted octanol–water partition coefficient (Wildman–Crippen LogP) is 3.55. The first kappa shape index (κ1) is 26.7. The summed E-state index contributed by atoms with van der Waals surface area (Å²) in [6, 6.07) is 2.71. The van der Waals surface area contributed by atoms with Crippen LogP contribution in [-0.4, -0.2) is 65.4 Å². The first-order valence-corrected chi connectivity index (χ1v) is 13.6. The molecule has 0 radical (unpaired) electrons. The van der Waals surface area contributed by atoms with E-state index in [9.17, 15) is 23.2 Å². The van der Waals surface area contributed by atoms with Crippen LogP contribution in [0.1, 0.15) is 57.9 Å². The number of aliphatic imine (C=N–C) groups is 1. The van der Waals surface area contributed by atoms with Crippen LogP contribution in [0.2, 0.25) is 0 Å². The average molecular weight is 532 g/mol. The molecule has 2 unspecified atom stereocenters. The third-order valence-corrected chi connectivity index (χ3v) is 9.06. The maximum atomic E-state index is 12.9. The number of rotatable bonds is 6. The second-order valence-electron chi connectivity index (χ2n) is 11.5. The van der Waals surface area contributed by atoms with Gasteiger partial charge >= 0.3 is 6.18 Å². The monoisotopic (exact) mass is 531 g/mol. The Bertz CT molecular complexity index is 1080. The van der Waals surface area contributed by atoms with E-state index in [0.29, 0.717) is 55.6 Å². The highest BCUT2D eigenvalue weighted by molar-refractivity contribution is 5.88. The maximum Gasteiger partial charge on any atom is 0.417 e. The summed E-state index contributed by atoms with van der Waals surface area (Å²) < 4.78 is 38.7. The third kappa shape index (κ3) is 5.33. The topological polar surface area (TPSA) is 96.6 Å². The maximum absolute atomic E-state index is 12.9. The molecule has 8 nitrogen and oxygen atoms in total. The standard InChI is InChI=1S/C27H36F3N7O/c1-3-22(36-6-8-37(9-7-36)23-5-4-21(15-32-23)27(28,29)30)25(33-16-31)34-24-19-10-18-11-20(24)14-26(12-18,13-19)35-17(2)38/h4-5,15,18-20,22,24H,3,6-14H2,1-2H3,(H,33,34)(H,35,38)/t18?,19?,20?,22-,24?,26?/m1/s1. The van der Waals surface area contributed by atoms with E-state index in [4.69, 9.17) is 0 Å². The summed E-state index contributed by atoms with van der Waals surface area (Å²) >= 11 is 0. The molecule has 1 aromatic rings. The summed E-state index contributed by atoms with van der Waals surface area (Å²) in [5.41, 5.74) is -0.831. The van der Waals surface area contributed by atoms with E-state index in [1.807, 2.05) is 11.1 Å². The lowest BCUT2D eigenvalue weighted by atomic mass is 9.51. The van der Waals surface area contributed by atoms with Crippen LogP contribution in [0.3, 0.4) is 0 Å². The molecule has 6 rings (SSSR count). The highest BCUT2D eigenvalue weighted by Crippen LogP contribution is 2.55. The van der Waals surface area contributed by atoms with Gasteiger partial charge in [0.15, 0.2) is 0 Å². The smallest absolute Gasteiger partial charge is 0.368 e. The molecule has 1 saturated heterocycles. The lowest BCUT2D eigenvalue weighted by molar-refractivity contribution is -0.137. The molecule has 4 bridgehead atoms. The normalized spacial score (nSPS) is 32.1. The van der Waals surface area contributed by atoms with Crippen molar-refractivity contribution in [3.63, 3.8) is 0 Å². The molecule has 0 aromatic carbocycles. The molecule has 2 N–H and O–H groups in total. The molecule has 1 aliphatic heterocycles. The summed E-state index contributed by atoms with van der Waals surface area (Å²) in [4.78, 5) is 24.5. The van der Waals surface area contributed by atoms with E-state index in [1.54, 1.807) is 6.92 Å². The molecule has 206 valence electrons.